The largest absolute Gasteiger partial charge is 0.507 e. The maximum absolute atomic E-state index is 12.6. The van der Waals surface area contributed by atoms with E-state index in [9.17, 15) is 9.90 Å². The highest BCUT2D eigenvalue weighted by molar-refractivity contribution is 6.04. The zero-order valence-electron chi connectivity index (χ0n) is 23.1. The lowest BCUT2D eigenvalue weighted by atomic mass is 9.85. The molecule has 6 N–H and O–H groups in total. The van der Waals surface area contributed by atoms with Gasteiger partial charge in [-0.05, 0) is 119 Å². The number of anilines is 1. The van der Waals surface area contributed by atoms with Gasteiger partial charge in [-0.1, -0.05) is 6.07 Å². The molecule has 4 rings (SSSR count). The molecule has 0 bridgehead atoms. The molecule has 1 heterocycles. The lowest BCUT2D eigenvalue weighted by Gasteiger charge is -2.38. The van der Waals surface area contributed by atoms with Crippen LogP contribution in [-0.4, -0.2) is 29.2 Å². The van der Waals surface area contributed by atoms with E-state index in [4.69, 9.17) is 20.9 Å². The topological polar surface area (TPSA) is 132 Å². The molecule has 3 aromatic rings. The average molecular weight is 531 g/mol. The molecule has 0 radical (unpaired) electrons. The Balaban J connectivity index is 1.24. The maximum Gasteiger partial charge on any atom is 0.255 e. The predicted molar refractivity (Wildman–Crippen MR) is 155 cm³/mol. The van der Waals surface area contributed by atoms with Gasteiger partial charge in [0.25, 0.3) is 5.91 Å². The summed E-state index contributed by atoms with van der Waals surface area (Å²) in [5, 5.41) is 13.3. The minimum Gasteiger partial charge on any atom is -0.507 e. The number of nitrogens with two attached hydrogens (primary N) is 2. The molecule has 1 aliphatic heterocycles. The summed E-state index contributed by atoms with van der Waals surface area (Å²) in [5.74, 6) is 1.77. The number of carbonyl (C=O) groups excluding carboxylic acids is 1. The van der Waals surface area contributed by atoms with Gasteiger partial charge < -0.3 is 31.4 Å². The number of hydrogen-bond acceptors (Lipinski definition) is 5. The summed E-state index contributed by atoms with van der Waals surface area (Å²) in [6, 6.07) is 14.1. The third-order valence-electron chi connectivity index (χ3n) is 7.44. The van der Waals surface area contributed by atoms with E-state index in [1.807, 2.05) is 45.0 Å². The Morgan fingerprint density at radius 3 is 2.54 bits per heavy atom. The number of fused-ring (bicyclic) bond motifs is 1. The van der Waals surface area contributed by atoms with Crippen molar-refractivity contribution in [3.63, 3.8) is 0 Å². The molecule has 1 amide bonds. The van der Waals surface area contributed by atoms with Crippen molar-refractivity contribution in [2.24, 2.45) is 16.5 Å². The first kappa shape index (κ1) is 27.8. The number of carbonyl (C=O) groups is 1. The minimum atomic E-state index is -0.255. The van der Waals surface area contributed by atoms with Crippen LogP contribution in [0.25, 0.3) is 0 Å². The van der Waals surface area contributed by atoms with Gasteiger partial charge in [-0.2, -0.15) is 0 Å². The second-order valence-corrected chi connectivity index (χ2v) is 10.5. The van der Waals surface area contributed by atoms with Crippen molar-refractivity contribution in [3.8, 4) is 17.2 Å². The summed E-state index contributed by atoms with van der Waals surface area (Å²) in [7, 11) is 0. The molecule has 0 aromatic heterocycles. The summed E-state index contributed by atoms with van der Waals surface area (Å²) in [5.41, 5.74) is 16.2. The summed E-state index contributed by atoms with van der Waals surface area (Å²) >= 11 is 0. The van der Waals surface area contributed by atoms with Gasteiger partial charge in [0.1, 0.15) is 22.8 Å². The van der Waals surface area contributed by atoms with E-state index >= 15 is 0 Å². The summed E-state index contributed by atoms with van der Waals surface area (Å²) in [4.78, 5) is 16.6. The Morgan fingerprint density at radius 2 is 1.82 bits per heavy atom. The Labute approximate surface area is 230 Å². The SMILES string of the molecule is Cc1c(C)c2c(c(C)c1O)CCC(C)(CCCCOc1ccc(NC(=O)c3cccc(N=C(N)N)c3)cc1)O2. The summed E-state index contributed by atoms with van der Waals surface area (Å²) < 4.78 is 12.5. The number of aromatic hydroxyl groups is 1. The molecule has 3 aromatic carbocycles. The van der Waals surface area contributed by atoms with Crippen molar-refractivity contribution >= 4 is 23.2 Å². The number of nitrogens with zero attached hydrogens (tertiary/aromatic N) is 1. The molecule has 0 saturated carbocycles. The maximum atomic E-state index is 12.6. The van der Waals surface area contributed by atoms with Crippen molar-refractivity contribution in [2.75, 3.05) is 11.9 Å². The number of ether oxygens (including phenoxy) is 2. The number of guanidine groups is 1. The molecule has 1 aliphatic rings. The van der Waals surface area contributed by atoms with Crippen LogP contribution in [0, 0.1) is 20.8 Å². The zero-order valence-corrected chi connectivity index (χ0v) is 23.1. The Morgan fingerprint density at radius 1 is 1.08 bits per heavy atom. The molecule has 8 nitrogen and oxygen atoms in total. The van der Waals surface area contributed by atoms with Crippen molar-refractivity contribution in [1.29, 1.82) is 0 Å². The van der Waals surface area contributed by atoms with Gasteiger partial charge in [-0.3, -0.25) is 4.79 Å². The van der Waals surface area contributed by atoms with Gasteiger partial charge in [0, 0.05) is 16.8 Å². The number of phenols is 1. The van der Waals surface area contributed by atoms with Crippen molar-refractivity contribution in [3.05, 3.63) is 76.3 Å². The lowest BCUT2D eigenvalue weighted by Crippen LogP contribution is -2.37. The van der Waals surface area contributed by atoms with Crippen LogP contribution in [0.1, 0.15) is 65.2 Å². The summed E-state index contributed by atoms with van der Waals surface area (Å²) in [6.45, 7) is 8.72. The van der Waals surface area contributed by atoms with Crippen molar-refractivity contribution in [1.82, 2.24) is 0 Å². The number of hydrogen-bond donors (Lipinski definition) is 4. The third kappa shape index (κ3) is 6.63. The highest BCUT2D eigenvalue weighted by Crippen LogP contribution is 2.44. The van der Waals surface area contributed by atoms with Gasteiger partial charge in [0.05, 0.1) is 12.3 Å². The van der Waals surface area contributed by atoms with Crippen LogP contribution < -0.4 is 26.3 Å². The van der Waals surface area contributed by atoms with E-state index in [0.717, 1.165) is 65.9 Å². The molecule has 1 unspecified atom stereocenters. The van der Waals surface area contributed by atoms with Crippen LogP contribution in [0.15, 0.2) is 53.5 Å². The number of amides is 1. The smallest absolute Gasteiger partial charge is 0.255 e. The standard InChI is InChI=1S/C31H38N4O4/c1-19-20(2)28-26(21(3)27(19)36)14-16-31(4,39-28)15-5-6-17-38-25-12-10-23(11-13-25)34-29(37)22-8-7-9-24(18-22)35-30(32)33/h7-13,18,36H,5-6,14-17H2,1-4H3,(H,34,37)(H4,32,33,35). The molecule has 206 valence electrons. The van der Waals surface area contributed by atoms with E-state index in [1.54, 1.807) is 24.3 Å². The average Bonchev–Trinajstić information content (AvgIpc) is 2.91. The van der Waals surface area contributed by atoms with Crippen LogP contribution in [0.4, 0.5) is 11.4 Å². The highest BCUT2D eigenvalue weighted by Gasteiger charge is 2.34. The molecule has 0 aliphatic carbocycles. The Hall–Kier alpha value is -4.20. The number of phenolic OH excluding ortho intramolecular Hbond substituents is 1. The first-order valence-electron chi connectivity index (χ1n) is 13.3. The van der Waals surface area contributed by atoms with E-state index in [0.29, 0.717) is 29.3 Å². The Kier molecular flexibility index (Phi) is 8.33. The molecule has 0 spiro atoms. The van der Waals surface area contributed by atoms with E-state index < -0.39 is 0 Å². The van der Waals surface area contributed by atoms with Gasteiger partial charge in [-0.15, -0.1) is 0 Å². The molecule has 1 atom stereocenters. The molecule has 0 saturated heterocycles. The van der Waals surface area contributed by atoms with Crippen LogP contribution in [0.5, 0.6) is 17.2 Å². The van der Waals surface area contributed by atoms with Gasteiger partial charge in [0.15, 0.2) is 5.96 Å². The first-order valence-corrected chi connectivity index (χ1v) is 13.3. The molecular formula is C31H38N4O4. The van der Waals surface area contributed by atoms with E-state index in [-0.39, 0.29) is 17.5 Å². The molecular weight excluding hydrogens is 492 g/mol. The fourth-order valence-corrected chi connectivity index (χ4v) is 4.97. The fourth-order valence-electron chi connectivity index (χ4n) is 4.97. The predicted octanol–water partition coefficient (Wildman–Crippen LogP) is 5.81. The van der Waals surface area contributed by atoms with Crippen LogP contribution in [-0.2, 0) is 6.42 Å². The van der Waals surface area contributed by atoms with Gasteiger partial charge in [0.2, 0.25) is 0 Å². The number of benzene rings is 3. The molecule has 39 heavy (non-hydrogen) atoms. The second kappa shape index (κ2) is 11.7. The third-order valence-corrected chi connectivity index (χ3v) is 7.44. The summed E-state index contributed by atoms with van der Waals surface area (Å²) in [6.07, 6.45) is 4.66. The molecule has 8 heteroatoms. The van der Waals surface area contributed by atoms with Gasteiger partial charge >= 0.3 is 0 Å². The second-order valence-electron chi connectivity index (χ2n) is 10.5. The first-order chi connectivity index (χ1) is 18.6. The van der Waals surface area contributed by atoms with Gasteiger partial charge in [-0.25, -0.2) is 4.99 Å². The molecule has 0 fully saturated rings. The zero-order chi connectivity index (χ0) is 28.2. The monoisotopic (exact) mass is 530 g/mol. The quantitative estimate of drug-likeness (QED) is 0.157. The Bertz CT molecular complexity index is 1380. The van der Waals surface area contributed by atoms with E-state index in [1.165, 1.54) is 0 Å². The lowest BCUT2D eigenvalue weighted by molar-refractivity contribution is 0.0513. The number of rotatable bonds is 9. The van der Waals surface area contributed by atoms with E-state index in [2.05, 4.69) is 17.2 Å². The van der Waals surface area contributed by atoms with Crippen molar-refractivity contribution < 1.29 is 19.4 Å². The van der Waals surface area contributed by atoms with Crippen LogP contribution in [0.2, 0.25) is 0 Å². The minimum absolute atomic E-state index is 0.0624. The normalized spacial score (nSPS) is 16.1. The number of nitrogens with one attached hydrogen (secondary N) is 1. The fraction of sp³-hybridized carbons (Fsp3) is 0.355. The number of aliphatic imine (C=N–C) groups is 1. The number of unbranched alkanes of at least 4 members (excludes halogenated alkanes) is 1. The van der Waals surface area contributed by atoms with Crippen LogP contribution >= 0.6 is 0 Å². The van der Waals surface area contributed by atoms with Crippen LogP contribution in [0.3, 0.4) is 0 Å². The van der Waals surface area contributed by atoms with Crippen molar-refractivity contribution in [2.45, 2.75) is 65.4 Å². The highest BCUT2D eigenvalue weighted by atomic mass is 16.5.